The third-order valence-corrected chi connectivity index (χ3v) is 5.33. The monoisotopic (exact) mass is 460 g/mol. The molecule has 0 aliphatic carbocycles. The number of halogens is 4. The van der Waals surface area contributed by atoms with Crippen LogP contribution in [0.5, 0.6) is 0 Å². The van der Waals surface area contributed by atoms with E-state index in [1.165, 1.54) is 0 Å². The highest BCUT2D eigenvalue weighted by molar-refractivity contribution is 5.94. The molecule has 1 heterocycles. The number of hydrogen-bond acceptors (Lipinski definition) is 3. The Balaban J connectivity index is 1.75. The van der Waals surface area contributed by atoms with E-state index in [1.54, 1.807) is 11.9 Å². The fourth-order valence-corrected chi connectivity index (χ4v) is 3.45. The second-order valence-corrected chi connectivity index (χ2v) is 9.32. The van der Waals surface area contributed by atoms with Gasteiger partial charge in [0.15, 0.2) is 0 Å². The highest BCUT2D eigenvalue weighted by atomic mass is 19.4. The van der Waals surface area contributed by atoms with Crippen molar-refractivity contribution in [1.29, 1.82) is 0 Å². The molecule has 1 aromatic rings. The number of likely N-dealkylation sites (tertiary alicyclic amines) is 1. The Morgan fingerprint density at radius 3 is 2.31 bits per heavy atom. The first-order chi connectivity index (χ1) is 14.7. The molecule has 0 spiro atoms. The zero-order chi connectivity index (χ0) is 24.1. The van der Waals surface area contributed by atoms with Crippen LogP contribution in [-0.2, 0) is 6.18 Å². The van der Waals surface area contributed by atoms with E-state index in [1.807, 2.05) is 20.8 Å². The van der Waals surface area contributed by atoms with Gasteiger partial charge < -0.3 is 20.4 Å². The molecule has 10 heteroatoms. The fourth-order valence-electron chi connectivity index (χ4n) is 3.45. The minimum absolute atomic E-state index is 0.124. The number of alkyl halides is 3. The highest BCUT2D eigenvalue weighted by Gasteiger charge is 2.32. The number of amides is 3. The maximum atomic E-state index is 13.5. The molecular formula is C22H32F4N4O2. The Hall–Kier alpha value is -2.36. The van der Waals surface area contributed by atoms with E-state index in [2.05, 4.69) is 15.5 Å². The molecule has 1 fully saturated rings. The van der Waals surface area contributed by atoms with Gasteiger partial charge in [0.2, 0.25) is 0 Å². The van der Waals surface area contributed by atoms with Gasteiger partial charge >= 0.3 is 12.2 Å². The quantitative estimate of drug-likeness (QED) is 0.636. The summed E-state index contributed by atoms with van der Waals surface area (Å²) in [6.07, 6.45) is -3.09. The van der Waals surface area contributed by atoms with Crippen LogP contribution in [0.4, 0.5) is 22.4 Å². The van der Waals surface area contributed by atoms with Gasteiger partial charge in [0, 0.05) is 37.8 Å². The van der Waals surface area contributed by atoms with Gasteiger partial charge in [-0.25, -0.2) is 9.18 Å². The Morgan fingerprint density at radius 1 is 1.12 bits per heavy atom. The molecule has 1 aromatic carbocycles. The van der Waals surface area contributed by atoms with E-state index in [9.17, 15) is 27.2 Å². The summed E-state index contributed by atoms with van der Waals surface area (Å²) in [4.78, 5) is 28.2. The summed E-state index contributed by atoms with van der Waals surface area (Å²) < 4.78 is 52.0. The normalized spacial score (nSPS) is 16.0. The van der Waals surface area contributed by atoms with Crippen LogP contribution < -0.4 is 10.6 Å². The van der Waals surface area contributed by atoms with Crippen molar-refractivity contribution in [3.8, 4) is 0 Å². The third kappa shape index (κ3) is 8.29. The lowest BCUT2D eigenvalue weighted by molar-refractivity contribution is -0.137. The maximum absolute atomic E-state index is 13.5. The van der Waals surface area contributed by atoms with Crippen LogP contribution in [0.25, 0.3) is 0 Å². The van der Waals surface area contributed by atoms with Crippen LogP contribution in [0.3, 0.4) is 0 Å². The van der Waals surface area contributed by atoms with Crippen molar-refractivity contribution in [2.75, 3.05) is 39.8 Å². The Kier molecular flexibility index (Phi) is 8.50. The van der Waals surface area contributed by atoms with Gasteiger partial charge in [-0.05, 0) is 70.8 Å². The van der Waals surface area contributed by atoms with Crippen molar-refractivity contribution in [2.45, 2.75) is 45.3 Å². The first kappa shape index (κ1) is 25.9. The molecule has 32 heavy (non-hydrogen) atoms. The first-order valence-corrected chi connectivity index (χ1v) is 10.7. The van der Waals surface area contributed by atoms with Gasteiger partial charge in [-0.3, -0.25) is 4.79 Å². The van der Waals surface area contributed by atoms with Crippen molar-refractivity contribution in [1.82, 2.24) is 20.4 Å². The summed E-state index contributed by atoms with van der Waals surface area (Å²) in [6.45, 7) is 9.00. The number of rotatable bonds is 6. The molecule has 0 bridgehead atoms. The van der Waals surface area contributed by atoms with Crippen LogP contribution in [0.2, 0.25) is 0 Å². The minimum atomic E-state index is -4.72. The van der Waals surface area contributed by atoms with E-state index < -0.39 is 23.5 Å². The lowest BCUT2D eigenvalue weighted by atomic mass is 9.96. The molecule has 2 N–H and O–H groups in total. The van der Waals surface area contributed by atoms with Crippen LogP contribution in [0.1, 0.15) is 49.5 Å². The summed E-state index contributed by atoms with van der Waals surface area (Å²) >= 11 is 0. The zero-order valence-corrected chi connectivity index (χ0v) is 19.0. The van der Waals surface area contributed by atoms with Crippen molar-refractivity contribution < 1.29 is 27.2 Å². The van der Waals surface area contributed by atoms with Crippen LogP contribution in [0, 0.1) is 11.7 Å². The summed E-state index contributed by atoms with van der Waals surface area (Å²) in [5.74, 6) is -1.63. The van der Waals surface area contributed by atoms with Crippen molar-refractivity contribution in [3.05, 3.63) is 35.1 Å². The number of piperidine rings is 1. The molecular weight excluding hydrogens is 428 g/mol. The van der Waals surface area contributed by atoms with Crippen molar-refractivity contribution >= 4 is 11.9 Å². The van der Waals surface area contributed by atoms with E-state index in [-0.39, 0.29) is 23.1 Å². The molecule has 6 nitrogen and oxygen atoms in total. The van der Waals surface area contributed by atoms with E-state index in [0.717, 1.165) is 38.5 Å². The average Bonchev–Trinajstić information content (AvgIpc) is 2.68. The lowest BCUT2D eigenvalue weighted by Crippen LogP contribution is -2.49. The van der Waals surface area contributed by atoms with E-state index in [0.29, 0.717) is 25.2 Å². The predicted molar refractivity (Wildman–Crippen MR) is 114 cm³/mol. The molecule has 180 valence electrons. The average molecular weight is 461 g/mol. The topological polar surface area (TPSA) is 64.7 Å². The van der Waals surface area contributed by atoms with Crippen LogP contribution in [-0.4, -0.2) is 67.0 Å². The number of benzene rings is 1. The molecule has 1 aliphatic heterocycles. The molecule has 3 amide bonds. The van der Waals surface area contributed by atoms with Gasteiger partial charge in [-0.1, -0.05) is 0 Å². The number of nitrogens with zero attached hydrogens (tertiary/aromatic N) is 2. The summed E-state index contributed by atoms with van der Waals surface area (Å²) in [5.41, 5.74) is -1.82. The number of carbonyl (C=O) groups is 2. The number of hydrogen-bond donors (Lipinski definition) is 2. The summed E-state index contributed by atoms with van der Waals surface area (Å²) in [5, 5.41) is 5.54. The van der Waals surface area contributed by atoms with Gasteiger partial charge in [0.1, 0.15) is 5.82 Å². The minimum Gasteiger partial charge on any atom is -0.352 e. The summed E-state index contributed by atoms with van der Waals surface area (Å²) in [7, 11) is 1.75. The zero-order valence-electron chi connectivity index (χ0n) is 19.0. The van der Waals surface area contributed by atoms with Gasteiger partial charge in [-0.2, -0.15) is 13.2 Å². The van der Waals surface area contributed by atoms with Crippen molar-refractivity contribution in [2.24, 2.45) is 5.92 Å². The predicted octanol–water partition coefficient (Wildman–Crippen LogP) is 3.73. The van der Waals surface area contributed by atoms with E-state index >= 15 is 0 Å². The molecule has 2 rings (SSSR count). The molecule has 0 unspecified atom stereocenters. The third-order valence-electron chi connectivity index (χ3n) is 5.33. The number of likely N-dealkylation sites (N-methyl/N-ethyl adjacent to an activating group) is 1. The van der Waals surface area contributed by atoms with Gasteiger partial charge in [0.05, 0.1) is 5.56 Å². The second kappa shape index (κ2) is 10.5. The molecule has 0 aromatic heterocycles. The van der Waals surface area contributed by atoms with Gasteiger partial charge in [-0.15, -0.1) is 0 Å². The molecule has 0 radical (unpaired) electrons. The first-order valence-electron chi connectivity index (χ1n) is 10.7. The fraction of sp³-hybridized carbons (Fsp3) is 0.636. The molecule has 0 saturated carbocycles. The highest BCUT2D eigenvalue weighted by Crippen LogP contribution is 2.30. The SMILES string of the molecule is CN(CCN1CCC(CNC(=O)c2cc(F)cc(C(F)(F)F)c2)CC1)C(=O)NC(C)(C)C. The number of urea groups is 1. The standard InChI is InChI=1S/C22H32F4N4O2/c1-21(2,3)28-20(32)29(4)9-10-30-7-5-15(6-8-30)14-27-19(31)16-11-17(22(24,25)26)13-18(23)12-16/h11-13,15H,5-10,14H2,1-4H3,(H,27,31)(H,28,32). The second-order valence-electron chi connectivity index (χ2n) is 9.32. The largest absolute Gasteiger partial charge is 0.416 e. The Bertz CT molecular complexity index is 800. The van der Waals surface area contributed by atoms with Crippen LogP contribution >= 0.6 is 0 Å². The maximum Gasteiger partial charge on any atom is 0.416 e. The van der Waals surface area contributed by atoms with Crippen LogP contribution in [0.15, 0.2) is 18.2 Å². The lowest BCUT2D eigenvalue weighted by Gasteiger charge is -2.33. The summed E-state index contributed by atoms with van der Waals surface area (Å²) in [6, 6.07) is 1.71. The molecule has 1 saturated heterocycles. The molecule has 1 aliphatic rings. The number of carbonyl (C=O) groups excluding carboxylic acids is 2. The number of nitrogens with one attached hydrogen (secondary N) is 2. The van der Waals surface area contributed by atoms with E-state index in [4.69, 9.17) is 0 Å². The van der Waals surface area contributed by atoms with Gasteiger partial charge in [0.25, 0.3) is 5.91 Å². The Labute approximate surface area is 186 Å². The smallest absolute Gasteiger partial charge is 0.352 e. The van der Waals surface area contributed by atoms with Crippen molar-refractivity contribution in [3.63, 3.8) is 0 Å². The Morgan fingerprint density at radius 2 is 1.75 bits per heavy atom. The molecule has 0 atom stereocenters.